The summed E-state index contributed by atoms with van der Waals surface area (Å²) in [5.74, 6) is -7.86. The maximum absolute atomic E-state index is 13.8. The third kappa shape index (κ3) is 4.41. The molecule has 3 aliphatic carbocycles. The van der Waals surface area contributed by atoms with Crippen molar-refractivity contribution >= 4 is 33.3 Å². The molecule has 1 aromatic carbocycles. The number of rotatable bonds is 7. The average Bonchev–Trinajstić information content (AvgIpc) is 2.79. The number of nitrogens with zero attached hydrogens (tertiary/aromatic N) is 1. The van der Waals surface area contributed by atoms with Crippen LogP contribution in [0.25, 0.3) is 5.76 Å². The number of carbonyl (C=O) groups excluding carboxylic acids is 3. The van der Waals surface area contributed by atoms with Crippen LogP contribution in [0.4, 0.5) is 0 Å². The summed E-state index contributed by atoms with van der Waals surface area (Å²) < 4.78 is 25.1. The molecule has 0 bridgehead atoms. The summed E-state index contributed by atoms with van der Waals surface area (Å²) in [7, 11) is -0.182. The molecule has 38 heavy (non-hydrogen) atoms. The molecule has 7 N–H and O–H groups in total. The quantitative estimate of drug-likeness (QED) is 0.173. The molecule has 0 radical (unpaired) electrons. The molecule has 4 rings (SSSR count). The molecule has 2 unspecified atom stereocenters. The minimum atomic E-state index is -3.36. The molecule has 1 amide bonds. The summed E-state index contributed by atoms with van der Waals surface area (Å²) in [6, 6.07) is 2.06. The molecule has 2 fully saturated rings. The van der Waals surface area contributed by atoms with Gasteiger partial charge >= 0.3 is 0 Å². The van der Waals surface area contributed by atoms with Crippen molar-refractivity contribution in [2.24, 2.45) is 23.5 Å². The van der Waals surface area contributed by atoms with Gasteiger partial charge in [-0.25, -0.2) is 13.1 Å². The first-order chi connectivity index (χ1) is 17.6. The van der Waals surface area contributed by atoms with Crippen LogP contribution >= 0.6 is 0 Å². The number of benzene rings is 1. The number of hydrogen-bond donors (Lipinski definition) is 6. The zero-order valence-corrected chi connectivity index (χ0v) is 22.2. The zero-order chi connectivity index (χ0) is 28.3. The predicted molar refractivity (Wildman–Crippen MR) is 135 cm³/mol. The largest absolute Gasteiger partial charge is 0.507 e. The lowest BCUT2D eigenvalue weighted by molar-refractivity contribution is -0.184. The van der Waals surface area contributed by atoms with Crippen LogP contribution in [0.5, 0.6) is 5.75 Å². The molecule has 0 aliphatic heterocycles. The number of fused-ring (bicyclic) bond motifs is 3. The smallest absolute Gasteiger partial charge is 0.230 e. The molecule has 0 heterocycles. The second-order valence-electron chi connectivity index (χ2n) is 10.7. The molecule has 6 atom stereocenters. The first-order valence-electron chi connectivity index (χ1n) is 12.3. The van der Waals surface area contributed by atoms with E-state index in [0.29, 0.717) is 18.4 Å². The highest BCUT2D eigenvalue weighted by Gasteiger charge is 2.67. The van der Waals surface area contributed by atoms with E-state index in [2.05, 4.69) is 4.72 Å². The topological polar surface area (TPSA) is 208 Å². The Labute approximate surface area is 220 Å². The number of aliphatic hydroxyl groups is 3. The number of amides is 1. The van der Waals surface area contributed by atoms with E-state index >= 15 is 0 Å². The lowest BCUT2D eigenvalue weighted by atomic mass is 9.54. The van der Waals surface area contributed by atoms with Gasteiger partial charge in [-0.15, -0.1) is 0 Å². The number of nitrogens with one attached hydrogen (secondary N) is 1. The van der Waals surface area contributed by atoms with E-state index in [4.69, 9.17) is 5.73 Å². The van der Waals surface area contributed by atoms with E-state index in [1.165, 1.54) is 11.0 Å². The van der Waals surface area contributed by atoms with Crippen LogP contribution < -0.4 is 10.5 Å². The Morgan fingerprint density at radius 1 is 1.24 bits per heavy atom. The second-order valence-corrected chi connectivity index (χ2v) is 12.5. The Bertz CT molecular complexity index is 1340. The number of likely N-dealkylation sites (N-methyl/N-ethyl adjacent to an activating group) is 1. The summed E-state index contributed by atoms with van der Waals surface area (Å²) in [6.07, 6.45) is 0.583. The number of aliphatic hydroxyl groups excluding tert-OH is 2. The van der Waals surface area contributed by atoms with Crippen molar-refractivity contribution in [2.75, 3.05) is 26.9 Å². The summed E-state index contributed by atoms with van der Waals surface area (Å²) in [5, 5.41) is 44.4. The minimum absolute atomic E-state index is 0.0131. The van der Waals surface area contributed by atoms with Crippen molar-refractivity contribution in [3.05, 3.63) is 34.4 Å². The van der Waals surface area contributed by atoms with Gasteiger partial charge in [-0.05, 0) is 62.9 Å². The van der Waals surface area contributed by atoms with E-state index in [1.54, 1.807) is 20.2 Å². The third-order valence-corrected chi connectivity index (χ3v) is 8.78. The van der Waals surface area contributed by atoms with Crippen LogP contribution in [-0.4, -0.2) is 95.9 Å². The molecule has 0 spiro atoms. The molecule has 1 aromatic rings. The van der Waals surface area contributed by atoms with E-state index in [0.717, 1.165) is 11.8 Å². The summed E-state index contributed by atoms with van der Waals surface area (Å²) in [4.78, 5) is 40.8. The number of aryl methyl sites for hydroxylation is 1. The molecule has 2 saturated carbocycles. The normalized spacial score (nSPS) is 31.2. The lowest BCUT2D eigenvalue weighted by Crippen LogP contribution is -2.73. The number of nitrogens with two attached hydrogens (primary N) is 1. The fourth-order valence-electron chi connectivity index (χ4n) is 6.44. The van der Waals surface area contributed by atoms with Gasteiger partial charge in [0.2, 0.25) is 21.7 Å². The van der Waals surface area contributed by atoms with Gasteiger partial charge in [0.1, 0.15) is 17.4 Å². The first kappa shape index (κ1) is 28.2. The second kappa shape index (κ2) is 9.72. The molecule has 208 valence electrons. The Morgan fingerprint density at radius 2 is 1.89 bits per heavy atom. The maximum atomic E-state index is 13.8. The van der Waals surface area contributed by atoms with Crippen LogP contribution in [0, 0.1) is 17.8 Å². The van der Waals surface area contributed by atoms with E-state index in [1.807, 2.05) is 0 Å². The molecular formula is C25H33N3O9S. The maximum Gasteiger partial charge on any atom is 0.230 e. The summed E-state index contributed by atoms with van der Waals surface area (Å²) >= 11 is 0. The Hall–Kier alpha value is -2.84. The van der Waals surface area contributed by atoms with E-state index < -0.39 is 68.8 Å². The van der Waals surface area contributed by atoms with Crippen molar-refractivity contribution in [3.8, 4) is 5.75 Å². The van der Waals surface area contributed by atoms with Gasteiger partial charge in [0.15, 0.2) is 11.4 Å². The highest BCUT2D eigenvalue weighted by molar-refractivity contribution is 7.88. The molecule has 12 nitrogen and oxygen atoms in total. The number of phenols is 1. The number of aromatic hydroxyl groups is 1. The van der Waals surface area contributed by atoms with Gasteiger partial charge in [-0.2, -0.15) is 0 Å². The van der Waals surface area contributed by atoms with Crippen LogP contribution in [0.1, 0.15) is 29.5 Å². The minimum Gasteiger partial charge on any atom is -0.507 e. The van der Waals surface area contributed by atoms with Crippen LogP contribution in [-0.2, 0) is 37.2 Å². The van der Waals surface area contributed by atoms with Gasteiger partial charge in [-0.3, -0.25) is 14.4 Å². The van der Waals surface area contributed by atoms with Crippen molar-refractivity contribution in [1.82, 2.24) is 9.62 Å². The zero-order valence-electron chi connectivity index (χ0n) is 21.3. The number of carbonyl (C=O) groups is 3. The first-order valence-corrected chi connectivity index (χ1v) is 14.2. The highest BCUT2D eigenvalue weighted by Crippen LogP contribution is 2.52. The van der Waals surface area contributed by atoms with Crippen molar-refractivity contribution in [1.29, 1.82) is 0 Å². The molecule has 3 aliphatic rings. The summed E-state index contributed by atoms with van der Waals surface area (Å²) in [6.45, 7) is 0.185. The highest BCUT2D eigenvalue weighted by atomic mass is 32.2. The number of Topliss-reactive ketones (excluding diaryl/α,β-unsaturated/α-hetero) is 2. The van der Waals surface area contributed by atoms with Crippen molar-refractivity contribution < 1.29 is 43.2 Å². The van der Waals surface area contributed by atoms with E-state index in [9.17, 15) is 43.2 Å². The number of phenolic OH excluding ortho intramolecular Hbond substituents is 1. The van der Waals surface area contributed by atoms with Crippen molar-refractivity contribution in [3.63, 3.8) is 0 Å². The summed E-state index contributed by atoms with van der Waals surface area (Å²) in [5.41, 5.74) is 3.79. The number of primary amides is 1. The molecule has 0 saturated heterocycles. The predicted octanol–water partition coefficient (Wildman–Crippen LogP) is -1.39. The Balaban J connectivity index is 1.78. The van der Waals surface area contributed by atoms with Gasteiger partial charge in [0.25, 0.3) is 0 Å². The van der Waals surface area contributed by atoms with E-state index in [-0.39, 0.29) is 36.3 Å². The Kier molecular flexibility index (Phi) is 7.21. The van der Waals surface area contributed by atoms with Crippen LogP contribution in [0.15, 0.2) is 17.7 Å². The van der Waals surface area contributed by atoms with Gasteiger partial charge in [-0.1, -0.05) is 6.07 Å². The SMILES string of the molecule is CN(C)[C@H]1C(O)C(C(N)=O)C(=O)[C@]2(O)C(=O)C3=C(O)c4c(O)ccc(CCCNS(C)(=O)=O)c4C[C@@H]3C[C@H]12. The van der Waals surface area contributed by atoms with Gasteiger partial charge < -0.3 is 31.1 Å². The van der Waals surface area contributed by atoms with Crippen LogP contribution in [0.3, 0.4) is 0 Å². The fourth-order valence-corrected chi connectivity index (χ4v) is 6.95. The molecule has 13 heteroatoms. The van der Waals surface area contributed by atoms with Crippen molar-refractivity contribution in [2.45, 2.75) is 43.4 Å². The van der Waals surface area contributed by atoms with Gasteiger partial charge in [0, 0.05) is 24.1 Å². The standard InChI is InChI=1S/C25H33N3O9S/c1-28(2)19-14-10-12-9-13-11(5-4-8-27-38(3,36)37)6-7-15(29)17(13)20(30)16(12)22(32)25(14,35)23(33)18(21(19)31)24(26)34/h6-7,12,14,18-19,21,27,29-31,35H,4-5,8-10H2,1-3H3,(H2,26,34)/t12-,14-,18?,19-,21?,25-/m1/s1. The fraction of sp³-hybridized carbons (Fsp3) is 0.560. The Morgan fingerprint density at radius 3 is 2.47 bits per heavy atom. The number of sulfonamides is 1. The molecule has 0 aromatic heterocycles. The van der Waals surface area contributed by atoms with Crippen LogP contribution in [0.2, 0.25) is 0 Å². The average molecular weight is 552 g/mol. The monoisotopic (exact) mass is 551 g/mol. The lowest BCUT2D eigenvalue weighted by Gasteiger charge is -2.53. The van der Waals surface area contributed by atoms with Gasteiger partial charge in [0.05, 0.1) is 17.9 Å². The number of ketones is 2. The third-order valence-electron chi connectivity index (χ3n) is 8.06. The molecular weight excluding hydrogens is 518 g/mol. The number of hydrogen-bond acceptors (Lipinski definition) is 10.